The van der Waals surface area contributed by atoms with Crippen molar-refractivity contribution in [3.63, 3.8) is 0 Å². The third kappa shape index (κ3) is 4.00. The molecule has 1 N–H and O–H groups in total. The summed E-state index contributed by atoms with van der Waals surface area (Å²) in [4.78, 5) is 12.6. The van der Waals surface area contributed by atoms with Gasteiger partial charge in [-0.15, -0.1) is 0 Å². The van der Waals surface area contributed by atoms with Crippen molar-refractivity contribution in [1.29, 1.82) is 0 Å². The molecule has 0 unspecified atom stereocenters. The Labute approximate surface area is 157 Å². The van der Waals surface area contributed by atoms with Crippen LogP contribution in [0.1, 0.15) is 15.9 Å². The summed E-state index contributed by atoms with van der Waals surface area (Å²) < 4.78 is 15.9. The zero-order chi connectivity index (χ0) is 19.2. The van der Waals surface area contributed by atoms with E-state index < -0.39 is 0 Å². The van der Waals surface area contributed by atoms with E-state index in [1.807, 2.05) is 30.3 Å². The fraction of sp³-hybridized carbons (Fsp3) is 0.143. The Hall–Kier alpha value is -3.54. The van der Waals surface area contributed by atoms with Crippen LogP contribution in [0, 0.1) is 0 Å². The van der Waals surface area contributed by atoms with Crippen LogP contribution in [0.2, 0.25) is 0 Å². The molecular formula is C21H20N2O4. The third-order valence-corrected chi connectivity index (χ3v) is 4.12. The summed E-state index contributed by atoms with van der Waals surface area (Å²) in [6, 6.07) is 16.7. The first-order valence-corrected chi connectivity index (χ1v) is 8.28. The molecule has 1 amide bonds. The van der Waals surface area contributed by atoms with Gasteiger partial charge in [-0.3, -0.25) is 4.79 Å². The van der Waals surface area contributed by atoms with E-state index in [-0.39, 0.29) is 5.91 Å². The molecule has 0 aliphatic rings. The van der Waals surface area contributed by atoms with Gasteiger partial charge in [-0.1, -0.05) is 24.3 Å². The number of ether oxygens (including phenoxy) is 3. The molecule has 0 aliphatic carbocycles. The van der Waals surface area contributed by atoms with Gasteiger partial charge in [0.2, 0.25) is 0 Å². The number of carbonyl (C=O) groups is 1. The maximum absolute atomic E-state index is 12.6. The van der Waals surface area contributed by atoms with Gasteiger partial charge >= 0.3 is 0 Å². The second kappa shape index (κ2) is 8.23. The Bertz CT molecular complexity index is 999. The van der Waals surface area contributed by atoms with E-state index in [0.717, 1.165) is 10.8 Å². The molecule has 0 fully saturated rings. The quantitative estimate of drug-likeness (QED) is 0.536. The van der Waals surface area contributed by atoms with Crippen LogP contribution in [0.5, 0.6) is 17.2 Å². The van der Waals surface area contributed by atoms with E-state index in [1.165, 1.54) is 13.3 Å². The van der Waals surface area contributed by atoms with Gasteiger partial charge in [0.15, 0.2) is 0 Å². The third-order valence-electron chi connectivity index (χ3n) is 4.12. The highest BCUT2D eigenvalue weighted by Gasteiger charge is 2.13. The standard InChI is InChI=1S/C21H20N2O4/c1-25-17-8-9-19(26-2)16(10-17)13-22-23-21(24)18-11-14-6-4-5-7-15(14)12-20(18)27-3/h4-13H,1-3H3,(H,23,24)/b22-13+. The molecule has 0 aliphatic heterocycles. The number of methoxy groups -OCH3 is 3. The van der Waals surface area contributed by atoms with Crippen LogP contribution >= 0.6 is 0 Å². The first-order valence-electron chi connectivity index (χ1n) is 8.28. The molecule has 3 rings (SSSR count). The number of benzene rings is 3. The van der Waals surface area contributed by atoms with E-state index in [2.05, 4.69) is 10.5 Å². The molecule has 0 spiro atoms. The topological polar surface area (TPSA) is 69.2 Å². The monoisotopic (exact) mass is 364 g/mol. The fourth-order valence-electron chi connectivity index (χ4n) is 2.73. The van der Waals surface area contributed by atoms with Gasteiger partial charge < -0.3 is 14.2 Å². The molecule has 27 heavy (non-hydrogen) atoms. The Kier molecular flexibility index (Phi) is 5.56. The second-order valence-electron chi connectivity index (χ2n) is 5.71. The van der Waals surface area contributed by atoms with Gasteiger partial charge in [0, 0.05) is 5.56 Å². The van der Waals surface area contributed by atoms with Crippen molar-refractivity contribution in [3.05, 3.63) is 65.7 Å². The molecule has 6 heteroatoms. The van der Waals surface area contributed by atoms with E-state index in [1.54, 1.807) is 38.5 Å². The number of hydrogen-bond donors (Lipinski definition) is 1. The van der Waals surface area contributed by atoms with E-state index in [0.29, 0.717) is 28.4 Å². The summed E-state index contributed by atoms with van der Waals surface area (Å²) in [6.07, 6.45) is 1.51. The predicted molar refractivity (Wildman–Crippen MR) is 105 cm³/mol. The van der Waals surface area contributed by atoms with Gasteiger partial charge in [-0.25, -0.2) is 5.43 Å². The zero-order valence-corrected chi connectivity index (χ0v) is 15.4. The van der Waals surface area contributed by atoms with Crippen molar-refractivity contribution >= 4 is 22.9 Å². The maximum Gasteiger partial charge on any atom is 0.275 e. The summed E-state index contributed by atoms with van der Waals surface area (Å²) in [5.74, 6) is 1.41. The van der Waals surface area contributed by atoms with Crippen LogP contribution in [0.3, 0.4) is 0 Å². The van der Waals surface area contributed by atoms with Crippen molar-refractivity contribution in [2.45, 2.75) is 0 Å². The lowest BCUT2D eigenvalue weighted by atomic mass is 10.1. The molecule has 3 aromatic rings. The van der Waals surface area contributed by atoms with Crippen molar-refractivity contribution in [1.82, 2.24) is 5.43 Å². The van der Waals surface area contributed by atoms with Crippen molar-refractivity contribution < 1.29 is 19.0 Å². The van der Waals surface area contributed by atoms with Gasteiger partial charge in [0.25, 0.3) is 5.91 Å². The normalized spacial score (nSPS) is 10.8. The van der Waals surface area contributed by atoms with Crippen LogP contribution < -0.4 is 19.6 Å². The summed E-state index contributed by atoms with van der Waals surface area (Å²) in [5, 5.41) is 5.98. The molecule has 138 valence electrons. The second-order valence-corrected chi connectivity index (χ2v) is 5.71. The summed E-state index contributed by atoms with van der Waals surface area (Å²) in [5.41, 5.74) is 3.62. The van der Waals surface area contributed by atoms with Gasteiger partial charge in [-0.05, 0) is 41.1 Å². The number of hydrazone groups is 1. The number of fused-ring (bicyclic) bond motifs is 1. The van der Waals surface area contributed by atoms with Gasteiger partial charge in [0.05, 0.1) is 33.1 Å². The largest absolute Gasteiger partial charge is 0.497 e. The molecule has 0 saturated carbocycles. The van der Waals surface area contributed by atoms with Crippen molar-refractivity contribution in [2.24, 2.45) is 5.10 Å². The average molecular weight is 364 g/mol. The lowest BCUT2D eigenvalue weighted by Gasteiger charge is -2.09. The minimum absolute atomic E-state index is 0.365. The van der Waals surface area contributed by atoms with Crippen LogP contribution in [0.15, 0.2) is 59.7 Å². The van der Waals surface area contributed by atoms with E-state index in [4.69, 9.17) is 14.2 Å². The zero-order valence-electron chi connectivity index (χ0n) is 15.4. The first kappa shape index (κ1) is 18.3. The SMILES string of the molecule is COc1ccc(OC)c(/C=N/NC(=O)c2cc3ccccc3cc2OC)c1. The smallest absolute Gasteiger partial charge is 0.275 e. The Morgan fingerprint density at radius 1 is 0.889 bits per heavy atom. The molecule has 0 heterocycles. The van der Waals surface area contributed by atoms with E-state index in [9.17, 15) is 4.79 Å². The highest BCUT2D eigenvalue weighted by Crippen LogP contribution is 2.26. The van der Waals surface area contributed by atoms with Crippen molar-refractivity contribution in [2.75, 3.05) is 21.3 Å². The van der Waals surface area contributed by atoms with Gasteiger partial charge in [-0.2, -0.15) is 5.10 Å². The first-order chi connectivity index (χ1) is 13.2. The summed E-state index contributed by atoms with van der Waals surface area (Å²) in [7, 11) is 4.68. The molecule has 0 saturated heterocycles. The maximum atomic E-state index is 12.6. The average Bonchev–Trinajstić information content (AvgIpc) is 2.72. The van der Waals surface area contributed by atoms with Crippen LogP contribution in [0.4, 0.5) is 0 Å². The molecule has 3 aromatic carbocycles. The van der Waals surface area contributed by atoms with E-state index >= 15 is 0 Å². The highest BCUT2D eigenvalue weighted by molar-refractivity contribution is 6.02. The summed E-state index contributed by atoms with van der Waals surface area (Å²) in [6.45, 7) is 0. The fourth-order valence-corrected chi connectivity index (χ4v) is 2.73. The Morgan fingerprint density at radius 2 is 1.59 bits per heavy atom. The lowest BCUT2D eigenvalue weighted by Crippen LogP contribution is -2.18. The number of nitrogens with one attached hydrogen (secondary N) is 1. The van der Waals surface area contributed by atoms with Crippen LogP contribution in [-0.2, 0) is 0 Å². The Morgan fingerprint density at radius 3 is 2.26 bits per heavy atom. The minimum Gasteiger partial charge on any atom is -0.497 e. The van der Waals surface area contributed by atoms with Crippen LogP contribution in [0.25, 0.3) is 10.8 Å². The number of rotatable bonds is 6. The van der Waals surface area contributed by atoms with Gasteiger partial charge in [0.1, 0.15) is 17.2 Å². The lowest BCUT2D eigenvalue weighted by molar-refractivity contribution is 0.0952. The number of carbonyl (C=O) groups excluding carboxylic acids is 1. The highest BCUT2D eigenvalue weighted by atomic mass is 16.5. The molecule has 0 aromatic heterocycles. The van der Waals surface area contributed by atoms with Crippen LogP contribution in [-0.4, -0.2) is 33.5 Å². The molecular weight excluding hydrogens is 344 g/mol. The van der Waals surface area contributed by atoms with Crippen molar-refractivity contribution in [3.8, 4) is 17.2 Å². The minimum atomic E-state index is -0.365. The molecule has 0 atom stereocenters. The molecule has 0 radical (unpaired) electrons. The molecule has 6 nitrogen and oxygen atoms in total. The number of hydrogen-bond acceptors (Lipinski definition) is 5. The number of nitrogens with zero attached hydrogens (tertiary/aromatic N) is 1. The number of amides is 1. The molecule has 0 bridgehead atoms. The predicted octanol–water partition coefficient (Wildman–Crippen LogP) is 3.63. The Balaban J connectivity index is 1.84. The summed E-state index contributed by atoms with van der Waals surface area (Å²) >= 11 is 0.